The molecule has 0 aliphatic rings. The maximum atomic E-state index is 10.8. The lowest BCUT2D eigenvalue weighted by atomic mass is 10.2. The molecule has 100 valence electrons. The van der Waals surface area contributed by atoms with E-state index in [1.807, 2.05) is 23.1 Å². The van der Waals surface area contributed by atoms with E-state index >= 15 is 0 Å². The van der Waals surface area contributed by atoms with Gasteiger partial charge >= 0.3 is 0 Å². The zero-order chi connectivity index (χ0) is 14.1. The Kier molecular flexibility index (Phi) is 3.11. The van der Waals surface area contributed by atoms with Gasteiger partial charge in [0.1, 0.15) is 5.82 Å². The minimum absolute atomic E-state index is 0.0859. The Hall–Kier alpha value is -2.41. The number of nitro benzene ring substituents is 1. The largest absolute Gasteiger partial charge is 0.301 e. The van der Waals surface area contributed by atoms with Crippen molar-refractivity contribution in [2.24, 2.45) is 0 Å². The first kappa shape index (κ1) is 12.6. The van der Waals surface area contributed by atoms with Crippen LogP contribution < -0.4 is 0 Å². The second-order valence-electron chi connectivity index (χ2n) is 4.09. The van der Waals surface area contributed by atoms with Crippen LogP contribution in [-0.2, 0) is 0 Å². The zero-order valence-electron chi connectivity index (χ0n) is 10.6. The molecule has 0 aliphatic heterocycles. The molecule has 7 heteroatoms. The molecule has 0 saturated heterocycles. The van der Waals surface area contributed by atoms with Crippen molar-refractivity contribution in [3.05, 3.63) is 52.8 Å². The lowest BCUT2D eigenvalue weighted by molar-refractivity contribution is -0.384. The van der Waals surface area contributed by atoms with Gasteiger partial charge in [-0.15, -0.1) is 0 Å². The summed E-state index contributed by atoms with van der Waals surface area (Å²) in [7, 11) is 0. The van der Waals surface area contributed by atoms with Crippen molar-refractivity contribution in [2.45, 2.75) is 5.16 Å². The molecular formula is C13H10N4O2S. The Morgan fingerprint density at radius 2 is 2.15 bits per heavy atom. The summed E-state index contributed by atoms with van der Waals surface area (Å²) in [6, 6.07) is 8.43. The average Bonchev–Trinajstić information content (AvgIpc) is 2.90. The monoisotopic (exact) mass is 286 g/mol. The molecule has 20 heavy (non-hydrogen) atoms. The Labute approximate surface area is 118 Å². The Balaban J connectivity index is 2.14. The third-order valence-electron chi connectivity index (χ3n) is 2.93. The van der Waals surface area contributed by atoms with Gasteiger partial charge in [-0.1, -0.05) is 11.8 Å². The van der Waals surface area contributed by atoms with Crippen LogP contribution in [0.5, 0.6) is 0 Å². The van der Waals surface area contributed by atoms with Crippen LogP contribution in [0.1, 0.15) is 0 Å². The number of nitro groups is 1. The van der Waals surface area contributed by atoms with Crippen molar-refractivity contribution in [3.8, 4) is 5.82 Å². The molecule has 2 aromatic heterocycles. The molecule has 0 saturated carbocycles. The summed E-state index contributed by atoms with van der Waals surface area (Å²) in [6.07, 6.45) is 5.46. The fraction of sp³-hybridized carbons (Fsp3) is 0.0769. The van der Waals surface area contributed by atoms with Crippen molar-refractivity contribution < 1.29 is 4.92 Å². The number of non-ortho nitro benzene ring substituents is 1. The summed E-state index contributed by atoms with van der Waals surface area (Å²) in [5.74, 6) is 0.744. The normalized spacial score (nSPS) is 10.8. The lowest BCUT2D eigenvalue weighted by Gasteiger charge is -2.05. The van der Waals surface area contributed by atoms with E-state index in [-0.39, 0.29) is 5.69 Å². The minimum atomic E-state index is -0.396. The van der Waals surface area contributed by atoms with Gasteiger partial charge in [0.15, 0.2) is 5.16 Å². The number of hydrogen-bond acceptors (Lipinski definition) is 5. The predicted molar refractivity (Wildman–Crippen MR) is 77.3 cm³/mol. The summed E-state index contributed by atoms with van der Waals surface area (Å²) in [6.45, 7) is 0. The quantitative estimate of drug-likeness (QED) is 0.320. The van der Waals surface area contributed by atoms with E-state index in [0.29, 0.717) is 5.16 Å². The second kappa shape index (κ2) is 4.93. The number of hydrogen-bond donors (Lipinski definition) is 0. The highest BCUT2D eigenvalue weighted by Crippen LogP contribution is 2.24. The lowest BCUT2D eigenvalue weighted by Crippen LogP contribution is -1.98. The van der Waals surface area contributed by atoms with Crippen LogP contribution in [0.4, 0.5) is 5.69 Å². The fourth-order valence-corrected chi connectivity index (χ4v) is 2.36. The molecule has 3 rings (SSSR count). The number of thioether (sulfide) groups is 1. The molecule has 0 aliphatic carbocycles. The maximum Gasteiger partial charge on any atom is 0.270 e. The highest BCUT2D eigenvalue weighted by Gasteiger charge is 2.10. The van der Waals surface area contributed by atoms with Gasteiger partial charge in [0.25, 0.3) is 5.69 Å². The van der Waals surface area contributed by atoms with Crippen LogP contribution in [0, 0.1) is 10.1 Å². The fourth-order valence-electron chi connectivity index (χ4n) is 2.01. The van der Waals surface area contributed by atoms with Crippen molar-refractivity contribution in [1.29, 1.82) is 0 Å². The van der Waals surface area contributed by atoms with E-state index < -0.39 is 4.92 Å². The Morgan fingerprint density at radius 3 is 2.90 bits per heavy atom. The number of nitrogens with zero attached hydrogens (tertiary/aromatic N) is 4. The van der Waals surface area contributed by atoms with Crippen LogP contribution in [0.15, 0.2) is 47.9 Å². The number of benzene rings is 1. The van der Waals surface area contributed by atoms with E-state index in [1.165, 1.54) is 17.8 Å². The molecule has 0 bridgehead atoms. The summed E-state index contributed by atoms with van der Waals surface area (Å²) in [5.41, 5.74) is 0.962. The van der Waals surface area contributed by atoms with Gasteiger partial charge < -0.3 is 4.57 Å². The van der Waals surface area contributed by atoms with Crippen LogP contribution in [0.3, 0.4) is 0 Å². The molecule has 0 radical (unpaired) electrons. The van der Waals surface area contributed by atoms with Crippen LogP contribution in [0.25, 0.3) is 16.7 Å². The zero-order valence-corrected chi connectivity index (χ0v) is 11.4. The third-order valence-corrected chi connectivity index (χ3v) is 3.49. The van der Waals surface area contributed by atoms with Gasteiger partial charge in [-0.2, -0.15) is 0 Å². The van der Waals surface area contributed by atoms with E-state index in [0.717, 1.165) is 16.7 Å². The molecule has 0 atom stereocenters. The predicted octanol–water partition coefficient (Wildman–Crippen LogP) is 3.05. The van der Waals surface area contributed by atoms with Gasteiger partial charge in [0.2, 0.25) is 0 Å². The number of fused-ring (bicyclic) bond motifs is 1. The van der Waals surface area contributed by atoms with Gasteiger partial charge in [-0.05, 0) is 24.5 Å². The van der Waals surface area contributed by atoms with Crippen LogP contribution in [-0.4, -0.2) is 25.7 Å². The first-order valence-electron chi connectivity index (χ1n) is 5.82. The molecule has 6 nitrogen and oxygen atoms in total. The number of rotatable bonds is 3. The molecule has 0 amide bonds. The van der Waals surface area contributed by atoms with Crippen molar-refractivity contribution >= 4 is 28.4 Å². The first-order chi connectivity index (χ1) is 9.69. The van der Waals surface area contributed by atoms with Gasteiger partial charge in [0.05, 0.1) is 10.4 Å². The molecular weight excluding hydrogens is 276 g/mol. The standard InChI is InChI=1S/C13H10N4O2S/c1-20-13-14-6-4-12(15-13)16-7-5-9-8-10(17(18)19)2-3-11(9)16/h2-8H,1H3. The second-order valence-corrected chi connectivity index (χ2v) is 4.86. The molecule has 3 aromatic rings. The molecule has 0 spiro atoms. The Morgan fingerprint density at radius 1 is 1.30 bits per heavy atom. The molecule has 0 fully saturated rings. The van der Waals surface area contributed by atoms with E-state index in [9.17, 15) is 10.1 Å². The average molecular weight is 286 g/mol. The SMILES string of the molecule is CSc1nccc(-n2ccc3cc([N+](=O)[O-])ccc32)n1. The van der Waals surface area contributed by atoms with Crippen LogP contribution >= 0.6 is 11.8 Å². The topological polar surface area (TPSA) is 73.8 Å². The molecule has 0 N–H and O–H groups in total. The van der Waals surface area contributed by atoms with E-state index in [4.69, 9.17) is 0 Å². The van der Waals surface area contributed by atoms with Gasteiger partial charge in [0, 0.05) is 29.9 Å². The first-order valence-corrected chi connectivity index (χ1v) is 7.04. The van der Waals surface area contributed by atoms with Crippen LogP contribution in [0.2, 0.25) is 0 Å². The third kappa shape index (κ3) is 2.12. The summed E-state index contributed by atoms with van der Waals surface area (Å²) < 4.78 is 1.89. The van der Waals surface area contributed by atoms with Crippen molar-refractivity contribution in [2.75, 3.05) is 6.26 Å². The van der Waals surface area contributed by atoms with E-state index in [1.54, 1.807) is 24.4 Å². The smallest absolute Gasteiger partial charge is 0.270 e. The van der Waals surface area contributed by atoms with Gasteiger partial charge in [-0.3, -0.25) is 10.1 Å². The summed E-state index contributed by atoms with van der Waals surface area (Å²) in [4.78, 5) is 18.9. The summed E-state index contributed by atoms with van der Waals surface area (Å²) >= 11 is 1.47. The molecule has 2 heterocycles. The number of aromatic nitrogens is 3. The summed E-state index contributed by atoms with van der Waals surface area (Å²) in [5, 5.41) is 12.3. The highest BCUT2D eigenvalue weighted by molar-refractivity contribution is 7.98. The van der Waals surface area contributed by atoms with Gasteiger partial charge in [-0.25, -0.2) is 9.97 Å². The Bertz CT molecular complexity index is 800. The molecule has 1 aromatic carbocycles. The highest BCUT2D eigenvalue weighted by atomic mass is 32.2. The van der Waals surface area contributed by atoms with Crippen molar-refractivity contribution in [1.82, 2.24) is 14.5 Å². The van der Waals surface area contributed by atoms with E-state index in [2.05, 4.69) is 9.97 Å². The van der Waals surface area contributed by atoms with Crippen molar-refractivity contribution in [3.63, 3.8) is 0 Å². The molecule has 0 unspecified atom stereocenters. The maximum absolute atomic E-state index is 10.8. The minimum Gasteiger partial charge on any atom is -0.301 e.